The Morgan fingerprint density at radius 1 is 1.19 bits per heavy atom. The number of rotatable bonds is 8. The molecule has 1 atom stereocenters. The van der Waals surface area contributed by atoms with Gasteiger partial charge in [-0.3, -0.25) is 10.1 Å². The second kappa shape index (κ2) is 10.0. The van der Waals surface area contributed by atoms with Crippen LogP contribution in [0.25, 0.3) is 5.70 Å². The zero-order valence-electron chi connectivity index (χ0n) is 17.2. The van der Waals surface area contributed by atoms with Crippen LogP contribution in [0.15, 0.2) is 54.1 Å². The van der Waals surface area contributed by atoms with E-state index in [-0.39, 0.29) is 23.0 Å². The van der Waals surface area contributed by atoms with Gasteiger partial charge in [0.25, 0.3) is 5.69 Å². The number of thiocarbonyl (C=S) groups is 1. The van der Waals surface area contributed by atoms with Crippen molar-refractivity contribution in [3.63, 3.8) is 0 Å². The molecule has 9 heteroatoms. The van der Waals surface area contributed by atoms with Crippen LogP contribution in [0.4, 0.5) is 5.69 Å². The molecule has 1 aliphatic heterocycles. The van der Waals surface area contributed by atoms with Gasteiger partial charge in [0.2, 0.25) is 0 Å². The molecule has 0 spiro atoms. The number of ether oxygens (including phenoxy) is 2. The Morgan fingerprint density at radius 3 is 2.58 bits per heavy atom. The van der Waals surface area contributed by atoms with Crippen LogP contribution >= 0.6 is 12.2 Å². The Labute approximate surface area is 185 Å². The van der Waals surface area contributed by atoms with Crippen molar-refractivity contribution in [2.45, 2.75) is 26.3 Å². The molecule has 0 aliphatic carbocycles. The highest BCUT2D eigenvalue weighted by molar-refractivity contribution is 7.80. The van der Waals surface area contributed by atoms with Gasteiger partial charge in [0.05, 0.1) is 35.4 Å². The normalized spacial score (nSPS) is 15.7. The van der Waals surface area contributed by atoms with Crippen molar-refractivity contribution >= 4 is 34.7 Å². The lowest BCUT2D eigenvalue weighted by atomic mass is 9.92. The largest absolute Gasteiger partial charge is 0.493 e. The Hall–Kier alpha value is -3.46. The molecule has 3 rings (SSSR count). The maximum atomic E-state index is 13.0. The predicted octanol–water partition coefficient (Wildman–Crippen LogP) is 3.88. The van der Waals surface area contributed by atoms with Crippen molar-refractivity contribution in [1.82, 2.24) is 10.6 Å². The van der Waals surface area contributed by atoms with Crippen LogP contribution in [-0.4, -0.2) is 29.2 Å². The van der Waals surface area contributed by atoms with Crippen molar-refractivity contribution < 1.29 is 19.2 Å². The number of nitro benzene ring substituents is 1. The van der Waals surface area contributed by atoms with Gasteiger partial charge in [-0.25, -0.2) is 4.79 Å². The third kappa shape index (κ3) is 5.00. The van der Waals surface area contributed by atoms with Gasteiger partial charge in [-0.15, -0.1) is 0 Å². The maximum absolute atomic E-state index is 13.0. The van der Waals surface area contributed by atoms with Crippen LogP contribution in [0.1, 0.15) is 37.4 Å². The van der Waals surface area contributed by atoms with Gasteiger partial charge in [0.15, 0.2) is 5.11 Å². The first-order valence-corrected chi connectivity index (χ1v) is 10.3. The zero-order chi connectivity index (χ0) is 22.4. The van der Waals surface area contributed by atoms with Crippen LogP contribution in [0.2, 0.25) is 0 Å². The minimum absolute atomic E-state index is 0.116. The number of carbonyl (C=O) groups excluding carboxylic acids is 1. The molecular weight excluding hydrogens is 418 g/mol. The van der Waals surface area contributed by atoms with E-state index in [9.17, 15) is 14.9 Å². The van der Waals surface area contributed by atoms with Gasteiger partial charge in [-0.05, 0) is 37.2 Å². The third-order valence-electron chi connectivity index (χ3n) is 4.61. The summed E-state index contributed by atoms with van der Waals surface area (Å²) in [5.74, 6) is -0.120. The number of nitrogens with one attached hydrogen (secondary N) is 2. The molecule has 2 N–H and O–H groups in total. The lowest BCUT2D eigenvalue weighted by Crippen LogP contribution is -2.45. The zero-order valence-corrected chi connectivity index (χ0v) is 18.0. The van der Waals surface area contributed by atoms with E-state index < -0.39 is 16.9 Å². The molecule has 0 saturated heterocycles. The van der Waals surface area contributed by atoms with Crippen LogP contribution in [0, 0.1) is 10.1 Å². The van der Waals surface area contributed by atoms with E-state index in [1.54, 1.807) is 13.0 Å². The van der Waals surface area contributed by atoms with E-state index in [0.717, 1.165) is 12.0 Å². The minimum atomic E-state index is -0.797. The summed E-state index contributed by atoms with van der Waals surface area (Å²) in [7, 11) is 0. The van der Waals surface area contributed by atoms with E-state index in [0.29, 0.717) is 23.6 Å². The van der Waals surface area contributed by atoms with Crippen LogP contribution in [0.3, 0.4) is 0 Å². The van der Waals surface area contributed by atoms with Crippen molar-refractivity contribution in [3.05, 3.63) is 75.3 Å². The highest BCUT2D eigenvalue weighted by atomic mass is 32.1. The fourth-order valence-corrected chi connectivity index (χ4v) is 3.50. The number of non-ortho nitro benzene ring substituents is 1. The number of benzene rings is 2. The molecule has 0 fully saturated rings. The Balaban J connectivity index is 2.24. The van der Waals surface area contributed by atoms with E-state index in [4.69, 9.17) is 21.7 Å². The number of hydrogen-bond donors (Lipinski definition) is 2. The van der Waals surface area contributed by atoms with Gasteiger partial charge < -0.3 is 20.1 Å². The second-order valence-electron chi connectivity index (χ2n) is 6.73. The Bertz CT molecular complexity index is 1020. The van der Waals surface area contributed by atoms with Gasteiger partial charge in [0.1, 0.15) is 5.75 Å². The van der Waals surface area contributed by atoms with Crippen LogP contribution in [-0.2, 0) is 9.53 Å². The van der Waals surface area contributed by atoms with Gasteiger partial charge in [-0.1, -0.05) is 37.3 Å². The molecule has 0 bridgehead atoms. The van der Waals surface area contributed by atoms with Gasteiger partial charge in [-0.2, -0.15) is 0 Å². The summed E-state index contributed by atoms with van der Waals surface area (Å²) in [4.78, 5) is 24.0. The first-order valence-electron chi connectivity index (χ1n) is 9.91. The van der Waals surface area contributed by atoms with Gasteiger partial charge in [0, 0.05) is 17.7 Å². The molecule has 162 valence electrons. The highest BCUT2D eigenvalue weighted by Gasteiger charge is 2.35. The van der Waals surface area contributed by atoms with E-state index >= 15 is 0 Å². The summed E-state index contributed by atoms with van der Waals surface area (Å²) >= 11 is 5.40. The summed E-state index contributed by atoms with van der Waals surface area (Å²) in [6.45, 7) is 4.27. The second-order valence-corrected chi connectivity index (χ2v) is 7.14. The average molecular weight is 442 g/mol. The molecule has 31 heavy (non-hydrogen) atoms. The SMILES string of the molecule is CCCOc1ccc([N+](=O)[O-])cc1[C@@H]1NC(=S)NC(c2ccccc2)=C1C(=O)OCC. The lowest BCUT2D eigenvalue weighted by molar-refractivity contribution is -0.385. The molecule has 0 unspecified atom stereocenters. The van der Waals surface area contributed by atoms with Crippen molar-refractivity contribution in [2.24, 2.45) is 0 Å². The first-order chi connectivity index (χ1) is 15.0. The predicted molar refractivity (Wildman–Crippen MR) is 120 cm³/mol. The molecule has 2 aromatic carbocycles. The molecular formula is C22H23N3O5S. The first kappa shape index (κ1) is 22.2. The fraction of sp³-hybridized carbons (Fsp3) is 0.273. The molecule has 1 heterocycles. The Kier molecular flexibility index (Phi) is 7.19. The third-order valence-corrected chi connectivity index (χ3v) is 4.83. The number of nitro groups is 1. The number of carbonyl (C=O) groups is 1. The molecule has 0 aromatic heterocycles. The smallest absolute Gasteiger partial charge is 0.338 e. The van der Waals surface area contributed by atoms with Crippen molar-refractivity contribution in [2.75, 3.05) is 13.2 Å². The molecule has 2 aromatic rings. The summed E-state index contributed by atoms with van der Waals surface area (Å²) in [6.07, 6.45) is 0.754. The lowest BCUT2D eigenvalue weighted by Gasteiger charge is -2.32. The van der Waals surface area contributed by atoms with Crippen molar-refractivity contribution in [1.29, 1.82) is 0 Å². The summed E-state index contributed by atoms with van der Waals surface area (Å²) in [5, 5.41) is 17.8. The summed E-state index contributed by atoms with van der Waals surface area (Å²) in [6, 6.07) is 12.8. The fourth-order valence-electron chi connectivity index (χ4n) is 3.28. The van der Waals surface area contributed by atoms with E-state index in [1.165, 1.54) is 12.1 Å². The number of nitrogens with zero attached hydrogens (tertiary/aromatic N) is 1. The topological polar surface area (TPSA) is 103 Å². The number of esters is 1. The average Bonchev–Trinajstić information content (AvgIpc) is 2.77. The molecule has 8 nitrogen and oxygen atoms in total. The van der Waals surface area contributed by atoms with Crippen molar-refractivity contribution in [3.8, 4) is 5.75 Å². The summed E-state index contributed by atoms with van der Waals surface area (Å²) < 4.78 is 11.2. The molecule has 1 aliphatic rings. The maximum Gasteiger partial charge on any atom is 0.338 e. The van der Waals surface area contributed by atoms with E-state index in [2.05, 4.69) is 10.6 Å². The summed E-state index contributed by atoms with van der Waals surface area (Å²) in [5.41, 5.74) is 1.81. The van der Waals surface area contributed by atoms with Crippen LogP contribution < -0.4 is 15.4 Å². The Morgan fingerprint density at radius 2 is 1.94 bits per heavy atom. The molecule has 0 amide bonds. The van der Waals surface area contributed by atoms with Gasteiger partial charge >= 0.3 is 5.97 Å². The number of hydrogen-bond acceptors (Lipinski definition) is 6. The highest BCUT2D eigenvalue weighted by Crippen LogP contribution is 2.38. The minimum Gasteiger partial charge on any atom is -0.493 e. The quantitative estimate of drug-likeness (QED) is 0.275. The standard InChI is InChI=1S/C22H23N3O5S/c1-3-12-30-17-11-10-15(25(27)28)13-16(17)20-18(21(26)29-4-2)19(23-22(31)24-20)14-8-6-5-7-9-14/h5-11,13,20H,3-4,12H2,1-2H3,(H2,23,24,31)/t20-/m0/s1. The van der Waals surface area contributed by atoms with E-state index in [1.807, 2.05) is 37.3 Å². The molecule has 0 saturated carbocycles. The molecule has 0 radical (unpaired) electrons. The van der Waals surface area contributed by atoms with Crippen LogP contribution in [0.5, 0.6) is 5.75 Å². The monoisotopic (exact) mass is 441 g/mol.